The summed E-state index contributed by atoms with van der Waals surface area (Å²) in [7, 11) is 0. The minimum atomic E-state index is -0.208. The van der Waals surface area contributed by atoms with Crippen molar-refractivity contribution in [3.63, 3.8) is 0 Å². The summed E-state index contributed by atoms with van der Waals surface area (Å²) in [5.74, 6) is 0.433. The van der Waals surface area contributed by atoms with Gasteiger partial charge in [0.05, 0.1) is 22.4 Å². The van der Waals surface area contributed by atoms with Gasteiger partial charge in [-0.15, -0.1) is 0 Å². The molecule has 0 bridgehead atoms. The highest BCUT2D eigenvalue weighted by atomic mass is 32.2. The van der Waals surface area contributed by atoms with Gasteiger partial charge in [-0.05, 0) is 89.3 Å². The molecule has 3 heterocycles. The smallest absolute Gasteiger partial charge is 0.326 e. The molecule has 5 rings (SSSR count). The van der Waals surface area contributed by atoms with Crippen LogP contribution in [-0.2, 0) is 9.59 Å². The third kappa shape index (κ3) is 5.29. The van der Waals surface area contributed by atoms with Gasteiger partial charge in [0.1, 0.15) is 5.75 Å². The first-order chi connectivity index (χ1) is 18.2. The summed E-state index contributed by atoms with van der Waals surface area (Å²) in [5, 5.41) is 12.8. The second kappa shape index (κ2) is 11.0. The lowest BCUT2D eigenvalue weighted by atomic mass is 9.86. The van der Waals surface area contributed by atoms with Crippen LogP contribution >= 0.6 is 11.8 Å². The van der Waals surface area contributed by atoms with Crippen molar-refractivity contribution >= 4 is 35.3 Å². The predicted octanol–water partition coefficient (Wildman–Crippen LogP) is 3.30. The second-order valence-corrected chi connectivity index (χ2v) is 11.9. The molecule has 5 atom stereocenters. The molecule has 1 aromatic rings. The Balaban J connectivity index is 1.34. The van der Waals surface area contributed by atoms with E-state index in [0.717, 1.165) is 54.9 Å². The molecule has 38 heavy (non-hydrogen) atoms. The zero-order valence-electron chi connectivity index (χ0n) is 22.2. The monoisotopic (exact) mass is 539 g/mol. The number of aryl methyl sites for hydroxylation is 1. The number of hydrogen-bond acceptors (Lipinski definition) is 6. The first-order valence-corrected chi connectivity index (χ1v) is 14.4. The lowest BCUT2D eigenvalue weighted by Crippen LogP contribution is -2.62. The Morgan fingerprint density at radius 1 is 1.21 bits per heavy atom. The van der Waals surface area contributed by atoms with Crippen LogP contribution < -0.4 is 30.9 Å². The number of nitrogens with one attached hydrogen (secondary N) is 4. The summed E-state index contributed by atoms with van der Waals surface area (Å²) >= 11 is 1.51. The Bertz CT molecular complexity index is 1170. The van der Waals surface area contributed by atoms with E-state index in [1.165, 1.54) is 17.8 Å². The minimum absolute atomic E-state index is 0.0100. The minimum Gasteiger partial charge on any atom is -0.491 e. The number of nitrogens with zero attached hydrogens (tertiary/aromatic N) is 1. The van der Waals surface area contributed by atoms with Gasteiger partial charge in [-0.2, -0.15) is 0 Å². The van der Waals surface area contributed by atoms with Gasteiger partial charge in [0, 0.05) is 29.4 Å². The number of benzene rings is 1. The van der Waals surface area contributed by atoms with E-state index in [4.69, 9.17) is 4.74 Å². The van der Waals surface area contributed by atoms with E-state index in [1.54, 1.807) is 0 Å². The van der Waals surface area contributed by atoms with Crippen LogP contribution in [0.3, 0.4) is 0 Å². The fourth-order valence-electron chi connectivity index (χ4n) is 6.11. The number of hydrogen-bond donors (Lipinski definition) is 4. The summed E-state index contributed by atoms with van der Waals surface area (Å²) in [6, 6.07) is 5.58. The third-order valence-electron chi connectivity index (χ3n) is 7.69. The summed E-state index contributed by atoms with van der Waals surface area (Å²) < 4.78 is 5.84. The highest BCUT2D eigenvalue weighted by Crippen LogP contribution is 2.48. The molecule has 0 radical (unpaired) electrons. The second-order valence-electron chi connectivity index (χ2n) is 10.8. The maximum atomic E-state index is 13.5. The van der Waals surface area contributed by atoms with Crippen molar-refractivity contribution in [2.24, 2.45) is 5.92 Å². The number of urea groups is 1. The Morgan fingerprint density at radius 2 is 1.97 bits per heavy atom. The van der Waals surface area contributed by atoms with Gasteiger partial charge in [-0.1, -0.05) is 18.3 Å². The number of anilines is 1. The maximum Gasteiger partial charge on any atom is 0.326 e. The Kier molecular flexibility index (Phi) is 7.72. The lowest BCUT2D eigenvalue weighted by Gasteiger charge is -2.46. The molecule has 4 aliphatic rings. The van der Waals surface area contributed by atoms with Crippen molar-refractivity contribution in [2.75, 3.05) is 11.4 Å². The Labute approximate surface area is 228 Å². The molecule has 4 N–H and O–H groups in total. The normalized spacial score (nSPS) is 28.5. The van der Waals surface area contributed by atoms with Crippen LogP contribution in [0.2, 0.25) is 0 Å². The summed E-state index contributed by atoms with van der Waals surface area (Å²) in [4.78, 5) is 41.2. The Morgan fingerprint density at radius 3 is 2.68 bits per heavy atom. The van der Waals surface area contributed by atoms with Gasteiger partial charge in [-0.3, -0.25) is 14.5 Å². The van der Waals surface area contributed by atoms with Crippen LogP contribution in [0.4, 0.5) is 10.5 Å². The number of carbonyl (C=O) groups excluding carboxylic acids is 3. The maximum absolute atomic E-state index is 13.5. The van der Waals surface area contributed by atoms with Crippen LogP contribution in [0.15, 0.2) is 41.5 Å². The number of rotatable bonds is 7. The van der Waals surface area contributed by atoms with Gasteiger partial charge in [0.2, 0.25) is 5.91 Å². The van der Waals surface area contributed by atoms with E-state index in [-0.39, 0.29) is 53.4 Å². The molecule has 2 saturated heterocycles. The number of amides is 4. The van der Waals surface area contributed by atoms with E-state index < -0.39 is 0 Å². The molecule has 1 saturated carbocycles. The number of carbonyl (C=O) groups is 3. The molecule has 3 fully saturated rings. The third-order valence-corrected chi connectivity index (χ3v) is 9.04. The van der Waals surface area contributed by atoms with Crippen LogP contribution in [-0.4, -0.2) is 54.0 Å². The van der Waals surface area contributed by atoms with Crippen molar-refractivity contribution in [1.29, 1.82) is 0 Å². The molecule has 0 aromatic heterocycles. The standard InChI is InChI=1S/C28H37N5O4S/c1-5-22(34)30-17-7-6-8-18(14-17)31-26(35)25-24-23-21(11-12-29-27(23)38-25)33(28(36)32-24)20-10-9-19(13-16(20)4)37-15(2)3/h5,9-10,13,15,17-18,21,23,27,29H,1,6-8,11-12,14H2,2-4H3,(H,30,34)(H,31,35)(H,32,36)/t17-,18-,21?,23?,27?/m0/s1. The van der Waals surface area contributed by atoms with Gasteiger partial charge in [0.15, 0.2) is 0 Å². The lowest BCUT2D eigenvalue weighted by molar-refractivity contribution is -0.117. The quantitative estimate of drug-likeness (QED) is 0.396. The highest BCUT2D eigenvalue weighted by Gasteiger charge is 2.52. The zero-order valence-corrected chi connectivity index (χ0v) is 23.0. The number of piperidine rings is 1. The van der Waals surface area contributed by atoms with E-state index in [0.29, 0.717) is 11.3 Å². The van der Waals surface area contributed by atoms with Crippen molar-refractivity contribution in [3.05, 3.63) is 47.0 Å². The molecule has 9 nitrogen and oxygen atoms in total. The zero-order chi connectivity index (χ0) is 27.0. The molecular weight excluding hydrogens is 502 g/mol. The Hall–Kier alpha value is -2.98. The molecule has 3 unspecified atom stereocenters. The van der Waals surface area contributed by atoms with E-state index in [1.807, 2.05) is 43.9 Å². The summed E-state index contributed by atoms with van der Waals surface area (Å²) in [6.45, 7) is 10.3. The van der Waals surface area contributed by atoms with Crippen LogP contribution in [0, 0.1) is 12.8 Å². The van der Waals surface area contributed by atoms with Crippen molar-refractivity contribution in [1.82, 2.24) is 21.3 Å². The average molecular weight is 540 g/mol. The molecule has 1 aliphatic carbocycles. The number of ether oxygens (including phenoxy) is 1. The SMILES string of the molecule is C=CC(=O)N[C@H]1CCC[C@H](NC(=O)C2=C3NC(=O)N(c4ccc(OC(C)C)cc4C)C4CCNC(S2)C34)C1. The van der Waals surface area contributed by atoms with Gasteiger partial charge < -0.3 is 26.0 Å². The largest absolute Gasteiger partial charge is 0.491 e. The average Bonchev–Trinajstić information content (AvgIpc) is 3.24. The predicted molar refractivity (Wildman–Crippen MR) is 149 cm³/mol. The molecule has 0 spiro atoms. The fourth-order valence-corrected chi connectivity index (χ4v) is 7.51. The van der Waals surface area contributed by atoms with Crippen LogP contribution in [0.1, 0.15) is 51.5 Å². The van der Waals surface area contributed by atoms with Crippen LogP contribution in [0.5, 0.6) is 5.75 Å². The molecule has 3 aliphatic heterocycles. The van der Waals surface area contributed by atoms with Gasteiger partial charge in [-0.25, -0.2) is 4.79 Å². The molecule has 10 heteroatoms. The van der Waals surface area contributed by atoms with Crippen molar-refractivity contribution in [2.45, 2.75) is 82.5 Å². The van der Waals surface area contributed by atoms with Crippen LogP contribution in [0.25, 0.3) is 0 Å². The fraction of sp³-hybridized carbons (Fsp3) is 0.536. The van der Waals surface area contributed by atoms with Gasteiger partial charge in [0.25, 0.3) is 5.91 Å². The molecular formula is C28H37N5O4S. The topological polar surface area (TPSA) is 112 Å². The van der Waals surface area contributed by atoms with Crippen molar-refractivity contribution < 1.29 is 19.1 Å². The summed E-state index contributed by atoms with van der Waals surface area (Å²) in [6.07, 6.45) is 5.50. The highest BCUT2D eigenvalue weighted by molar-refractivity contribution is 8.04. The molecule has 204 valence electrons. The first-order valence-electron chi connectivity index (χ1n) is 13.5. The van der Waals surface area contributed by atoms with E-state index in [2.05, 4.69) is 27.8 Å². The van der Waals surface area contributed by atoms with Gasteiger partial charge >= 0.3 is 6.03 Å². The summed E-state index contributed by atoms with van der Waals surface area (Å²) in [5.41, 5.74) is 2.56. The first kappa shape index (κ1) is 26.6. The van der Waals surface area contributed by atoms with E-state index >= 15 is 0 Å². The van der Waals surface area contributed by atoms with E-state index in [9.17, 15) is 14.4 Å². The van der Waals surface area contributed by atoms with Crippen molar-refractivity contribution in [3.8, 4) is 5.75 Å². The number of thioether (sulfide) groups is 1. The molecule has 1 aromatic carbocycles. The molecule has 4 amide bonds.